The van der Waals surface area contributed by atoms with Gasteiger partial charge in [-0.15, -0.1) is 0 Å². The minimum atomic E-state index is -0.444. The number of anilines is 1. The number of aromatic nitrogens is 3. The van der Waals surface area contributed by atoms with Gasteiger partial charge in [0, 0.05) is 12.3 Å². The molecule has 0 atom stereocenters. The number of nitrogens with zero attached hydrogens (tertiary/aromatic N) is 3. The first-order valence-electron chi connectivity index (χ1n) is 5.09. The number of pyridine rings is 1. The van der Waals surface area contributed by atoms with Crippen LogP contribution in [0.3, 0.4) is 0 Å². The van der Waals surface area contributed by atoms with E-state index in [2.05, 4.69) is 9.97 Å². The van der Waals surface area contributed by atoms with Gasteiger partial charge in [0.25, 0.3) is 0 Å². The predicted octanol–water partition coefficient (Wildman–Crippen LogP) is 2.14. The first-order valence-corrected chi connectivity index (χ1v) is 5.09. The highest BCUT2D eigenvalue weighted by atomic mass is 19.1. The van der Waals surface area contributed by atoms with Gasteiger partial charge in [0.05, 0.1) is 11.4 Å². The second kappa shape index (κ2) is 3.55. The Bertz CT molecular complexity index is 690. The molecular weight excluding hydrogens is 219 g/mol. The highest BCUT2D eigenvalue weighted by Gasteiger charge is 2.07. The first kappa shape index (κ1) is 9.77. The van der Waals surface area contributed by atoms with Crippen LogP contribution in [0.25, 0.3) is 16.9 Å². The number of imidazole rings is 1. The van der Waals surface area contributed by atoms with Gasteiger partial charge in [-0.3, -0.25) is 4.57 Å². The molecule has 3 rings (SSSR count). The molecular formula is C12H9FN4. The Morgan fingerprint density at radius 2 is 2.06 bits per heavy atom. The molecule has 0 aliphatic heterocycles. The first-order chi connectivity index (χ1) is 8.25. The van der Waals surface area contributed by atoms with Crippen LogP contribution in [0.1, 0.15) is 0 Å². The Morgan fingerprint density at radius 1 is 1.18 bits per heavy atom. The van der Waals surface area contributed by atoms with Crippen molar-refractivity contribution in [3.8, 4) is 5.69 Å². The van der Waals surface area contributed by atoms with E-state index in [4.69, 9.17) is 5.73 Å². The van der Waals surface area contributed by atoms with E-state index in [0.717, 1.165) is 5.52 Å². The van der Waals surface area contributed by atoms with Crippen LogP contribution in [0, 0.1) is 5.82 Å². The average molecular weight is 228 g/mol. The Kier molecular flexibility index (Phi) is 2.04. The van der Waals surface area contributed by atoms with Gasteiger partial charge in [0.2, 0.25) is 0 Å². The summed E-state index contributed by atoms with van der Waals surface area (Å²) in [6.07, 6.45) is 3.29. The van der Waals surface area contributed by atoms with Crippen molar-refractivity contribution >= 4 is 16.9 Å². The molecule has 2 N–H and O–H groups in total. The molecule has 0 spiro atoms. The van der Waals surface area contributed by atoms with Crippen LogP contribution in [0.5, 0.6) is 0 Å². The molecule has 2 heterocycles. The lowest BCUT2D eigenvalue weighted by Gasteiger charge is -2.04. The lowest BCUT2D eigenvalue weighted by atomic mass is 10.2. The maximum absolute atomic E-state index is 13.4. The minimum Gasteiger partial charge on any atom is -0.396 e. The summed E-state index contributed by atoms with van der Waals surface area (Å²) in [5, 5.41) is 0. The minimum absolute atomic E-state index is 0.131. The zero-order valence-corrected chi connectivity index (χ0v) is 8.84. The number of hydrogen-bond acceptors (Lipinski definition) is 3. The van der Waals surface area contributed by atoms with Gasteiger partial charge < -0.3 is 5.73 Å². The average Bonchev–Trinajstić information content (AvgIpc) is 2.76. The van der Waals surface area contributed by atoms with Crippen molar-refractivity contribution in [1.82, 2.24) is 14.5 Å². The maximum Gasteiger partial charge on any atom is 0.164 e. The van der Waals surface area contributed by atoms with Gasteiger partial charge in [-0.1, -0.05) is 0 Å². The zero-order chi connectivity index (χ0) is 11.8. The molecule has 1 aromatic carbocycles. The molecule has 84 valence electrons. The Morgan fingerprint density at radius 3 is 2.88 bits per heavy atom. The summed E-state index contributed by atoms with van der Waals surface area (Å²) in [5.74, 6) is -0.444. The highest BCUT2D eigenvalue weighted by molar-refractivity contribution is 5.72. The van der Waals surface area contributed by atoms with Gasteiger partial charge in [-0.2, -0.15) is 0 Å². The molecule has 0 aliphatic rings. The van der Waals surface area contributed by atoms with Crippen LogP contribution in [0.2, 0.25) is 0 Å². The van der Waals surface area contributed by atoms with Gasteiger partial charge in [-0.25, -0.2) is 14.4 Å². The number of rotatable bonds is 1. The standard InChI is InChI=1S/C12H9FN4/c13-9-6-8(3-4-10(9)14)17-7-16-11-2-1-5-15-12(11)17/h1-7H,14H2. The molecule has 0 amide bonds. The third-order valence-corrected chi connectivity index (χ3v) is 2.57. The molecule has 3 aromatic rings. The van der Waals surface area contributed by atoms with E-state index in [1.165, 1.54) is 12.1 Å². The second-order valence-electron chi connectivity index (χ2n) is 3.67. The summed E-state index contributed by atoms with van der Waals surface area (Å²) in [4.78, 5) is 8.41. The molecule has 0 unspecified atom stereocenters. The van der Waals surface area contributed by atoms with E-state index >= 15 is 0 Å². The van der Waals surface area contributed by atoms with Crippen LogP contribution >= 0.6 is 0 Å². The van der Waals surface area contributed by atoms with Crippen molar-refractivity contribution in [2.45, 2.75) is 0 Å². The summed E-state index contributed by atoms with van der Waals surface area (Å²) >= 11 is 0. The molecule has 4 nitrogen and oxygen atoms in total. The van der Waals surface area contributed by atoms with E-state index in [-0.39, 0.29) is 5.69 Å². The van der Waals surface area contributed by atoms with Crippen molar-refractivity contribution in [3.63, 3.8) is 0 Å². The molecule has 0 radical (unpaired) electrons. The van der Waals surface area contributed by atoms with E-state index in [1.807, 2.05) is 12.1 Å². The molecule has 5 heteroatoms. The number of hydrogen-bond donors (Lipinski definition) is 1. The molecule has 0 aliphatic carbocycles. The molecule has 0 saturated heterocycles. The van der Waals surface area contributed by atoms with E-state index < -0.39 is 5.82 Å². The number of nitrogens with two attached hydrogens (primary N) is 1. The second-order valence-corrected chi connectivity index (χ2v) is 3.67. The molecule has 0 bridgehead atoms. The van der Waals surface area contributed by atoms with Crippen LogP contribution < -0.4 is 5.73 Å². The fraction of sp³-hybridized carbons (Fsp3) is 0. The number of nitrogen functional groups attached to an aromatic ring is 1. The normalized spacial score (nSPS) is 10.9. The smallest absolute Gasteiger partial charge is 0.164 e. The van der Waals surface area contributed by atoms with Gasteiger partial charge in [0.1, 0.15) is 17.7 Å². The Hall–Kier alpha value is -2.43. The Labute approximate surface area is 96.5 Å². The Balaban J connectivity index is 2.24. The van der Waals surface area contributed by atoms with Gasteiger partial charge in [-0.05, 0) is 24.3 Å². The fourth-order valence-electron chi connectivity index (χ4n) is 1.70. The van der Waals surface area contributed by atoms with E-state index in [0.29, 0.717) is 11.3 Å². The van der Waals surface area contributed by atoms with Crippen LogP contribution in [0.4, 0.5) is 10.1 Å². The fourth-order valence-corrected chi connectivity index (χ4v) is 1.70. The summed E-state index contributed by atoms with van der Waals surface area (Å²) in [7, 11) is 0. The summed E-state index contributed by atoms with van der Waals surface area (Å²) in [6.45, 7) is 0. The summed E-state index contributed by atoms with van der Waals surface area (Å²) in [6, 6.07) is 8.29. The van der Waals surface area contributed by atoms with Crippen LogP contribution in [0.15, 0.2) is 42.9 Å². The van der Waals surface area contributed by atoms with Crippen molar-refractivity contribution in [1.29, 1.82) is 0 Å². The zero-order valence-electron chi connectivity index (χ0n) is 8.84. The maximum atomic E-state index is 13.4. The lowest BCUT2D eigenvalue weighted by molar-refractivity contribution is 0.631. The molecule has 2 aromatic heterocycles. The van der Waals surface area contributed by atoms with E-state index in [9.17, 15) is 4.39 Å². The number of halogens is 1. The molecule has 0 saturated carbocycles. The van der Waals surface area contributed by atoms with E-state index in [1.54, 1.807) is 23.2 Å². The lowest BCUT2D eigenvalue weighted by Crippen LogP contribution is -1.97. The van der Waals surface area contributed by atoms with Gasteiger partial charge >= 0.3 is 0 Å². The van der Waals surface area contributed by atoms with Crippen molar-refractivity contribution in [2.24, 2.45) is 0 Å². The largest absolute Gasteiger partial charge is 0.396 e. The van der Waals surface area contributed by atoms with Crippen LogP contribution in [-0.4, -0.2) is 14.5 Å². The number of fused-ring (bicyclic) bond motifs is 1. The third-order valence-electron chi connectivity index (χ3n) is 2.57. The molecule has 17 heavy (non-hydrogen) atoms. The summed E-state index contributed by atoms with van der Waals surface area (Å²) in [5.41, 5.74) is 7.68. The number of benzene rings is 1. The van der Waals surface area contributed by atoms with Crippen molar-refractivity contribution in [3.05, 3.63) is 48.7 Å². The topological polar surface area (TPSA) is 56.7 Å². The van der Waals surface area contributed by atoms with Crippen molar-refractivity contribution < 1.29 is 4.39 Å². The van der Waals surface area contributed by atoms with Gasteiger partial charge in [0.15, 0.2) is 5.65 Å². The SMILES string of the molecule is Nc1ccc(-n2cnc3cccnc32)cc1F. The van der Waals surface area contributed by atoms with Crippen molar-refractivity contribution in [2.75, 3.05) is 5.73 Å². The monoisotopic (exact) mass is 228 g/mol. The summed E-state index contributed by atoms with van der Waals surface area (Å²) < 4.78 is 15.1. The third kappa shape index (κ3) is 1.52. The highest BCUT2D eigenvalue weighted by Crippen LogP contribution is 2.19. The quantitative estimate of drug-likeness (QED) is 0.649. The van der Waals surface area contributed by atoms with Crippen LogP contribution in [-0.2, 0) is 0 Å². The predicted molar refractivity (Wildman–Crippen MR) is 63.2 cm³/mol. The molecule has 0 fully saturated rings.